The summed E-state index contributed by atoms with van der Waals surface area (Å²) in [5.74, 6) is 2.31. The lowest BCUT2D eigenvalue weighted by atomic mass is 9.95. The molecule has 2 aromatic carbocycles. The van der Waals surface area contributed by atoms with Gasteiger partial charge in [-0.25, -0.2) is 4.98 Å². The zero-order chi connectivity index (χ0) is 23.4. The summed E-state index contributed by atoms with van der Waals surface area (Å²) in [6.07, 6.45) is 7.06. The van der Waals surface area contributed by atoms with Gasteiger partial charge in [0, 0.05) is 43.3 Å². The number of anilines is 3. The first kappa shape index (κ1) is 20.8. The van der Waals surface area contributed by atoms with Crippen molar-refractivity contribution in [2.75, 3.05) is 41.7 Å². The van der Waals surface area contributed by atoms with Crippen molar-refractivity contribution in [3.63, 3.8) is 0 Å². The van der Waals surface area contributed by atoms with E-state index in [9.17, 15) is 4.79 Å². The molecule has 180 valence electrons. The molecule has 3 atom stereocenters. The number of imidazole rings is 1. The lowest BCUT2D eigenvalue weighted by Crippen LogP contribution is -2.44. The van der Waals surface area contributed by atoms with E-state index in [1.165, 1.54) is 25.7 Å². The summed E-state index contributed by atoms with van der Waals surface area (Å²) in [6, 6.07) is 10.3. The summed E-state index contributed by atoms with van der Waals surface area (Å²) in [5, 5.41) is 18.2. The molecule has 9 heteroatoms. The third-order valence-electron chi connectivity index (χ3n) is 8.06. The predicted octanol–water partition coefficient (Wildman–Crippen LogP) is 3.70. The van der Waals surface area contributed by atoms with Crippen LogP contribution < -0.4 is 20.9 Å². The van der Waals surface area contributed by atoms with Gasteiger partial charge in [0.2, 0.25) is 5.95 Å². The summed E-state index contributed by atoms with van der Waals surface area (Å²) >= 11 is 0. The first-order chi connectivity index (χ1) is 17.2. The van der Waals surface area contributed by atoms with Crippen LogP contribution in [0.5, 0.6) is 0 Å². The Morgan fingerprint density at radius 3 is 2.80 bits per heavy atom. The number of aromatic amines is 2. The van der Waals surface area contributed by atoms with Crippen molar-refractivity contribution in [3.05, 3.63) is 42.1 Å². The molecule has 1 amide bonds. The molecule has 35 heavy (non-hydrogen) atoms. The van der Waals surface area contributed by atoms with Crippen molar-refractivity contribution >= 4 is 45.2 Å². The van der Waals surface area contributed by atoms with Crippen LogP contribution in [0.4, 0.5) is 17.3 Å². The molecule has 7 rings (SSSR count). The number of nitrogens with zero attached hydrogens (tertiary/aromatic N) is 3. The van der Waals surface area contributed by atoms with E-state index in [2.05, 4.69) is 42.1 Å². The maximum absolute atomic E-state index is 13.5. The fraction of sp³-hybridized carbons (Fsp3) is 0.423. The largest absolute Gasteiger partial charge is 0.368 e. The van der Waals surface area contributed by atoms with Gasteiger partial charge in [0.25, 0.3) is 5.91 Å². The number of nitrogens with one attached hydrogen (secondary N) is 5. The highest BCUT2D eigenvalue weighted by Gasteiger charge is 2.39. The Morgan fingerprint density at radius 1 is 1.06 bits per heavy atom. The number of piperazine rings is 1. The highest BCUT2D eigenvalue weighted by atomic mass is 16.1. The quantitative estimate of drug-likeness (QED) is 0.304. The summed E-state index contributed by atoms with van der Waals surface area (Å²) in [7, 11) is 0. The van der Waals surface area contributed by atoms with E-state index in [4.69, 9.17) is 4.98 Å². The smallest absolute Gasteiger partial charge is 0.257 e. The van der Waals surface area contributed by atoms with Gasteiger partial charge in [0.1, 0.15) is 0 Å². The molecule has 1 saturated heterocycles. The van der Waals surface area contributed by atoms with Crippen molar-refractivity contribution in [3.8, 4) is 0 Å². The molecule has 0 radical (unpaired) electrons. The van der Waals surface area contributed by atoms with E-state index < -0.39 is 0 Å². The fourth-order valence-corrected chi connectivity index (χ4v) is 6.27. The first-order valence-electron chi connectivity index (χ1n) is 12.7. The number of hydrogen-bond acceptors (Lipinski definition) is 6. The molecule has 2 aliphatic carbocycles. The lowest BCUT2D eigenvalue weighted by molar-refractivity contribution is 0.102. The van der Waals surface area contributed by atoms with Crippen molar-refractivity contribution in [1.82, 2.24) is 25.5 Å². The molecule has 2 saturated carbocycles. The Hall–Kier alpha value is -3.59. The third-order valence-corrected chi connectivity index (χ3v) is 8.06. The molecule has 9 nitrogen and oxygen atoms in total. The Kier molecular flexibility index (Phi) is 4.90. The number of carbonyl (C=O) groups is 1. The van der Waals surface area contributed by atoms with Gasteiger partial charge in [-0.15, -0.1) is 0 Å². The van der Waals surface area contributed by atoms with E-state index >= 15 is 0 Å². The van der Waals surface area contributed by atoms with Crippen molar-refractivity contribution in [1.29, 1.82) is 0 Å². The molecular formula is C26H30N8O. The minimum Gasteiger partial charge on any atom is -0.368 e. The van der Waals surface area contributed by atoms with Crippen LogP contribution in [0, 0.1) is 11.8 Å². The number of H-pyrrole nitrogens is 2. The van der Waals surface area contributed by atoms with Gasteiger partial charge in [-0.2, -0.15) is 5.10 Å². The van der Waals surface area contributed by atoms with Gasteiger partial charge < -0.3 is 25.8 Å². The van der Waals surface area contributed by atoms with Crippen LogP contribution in [0.15, 0.2) is 36.5 Å². The average Bonchev–Trinajstić information content (AvgIpc) is 3.67. The highest BCUT2D eigenvalue weighted by molar-refractivity contribution is 6.11. The maximum Gasteiger partial charge on any atom is 0.257 e. The minimum absolute atomic E-state index is 0.134. The van der Waals surface area contributed by atoms with Gasteiger partial charge in [0.05, 0.1) is 34.0 Å². The van der Waals surface area contributed by atoms with Gasteiger partial charge in [-0.05, 0) is 61.4 Å². The lowest BCUT2D eigenvalue weighted by Gasteiger charge is -2.31. The van der Waals surface area contributed by atoms with E-state index in [1.807, 2.05) is 24.3 Å². The van der Waals surface area contributed by atoms with E-state index in [0.29, 0.717) is 11.6 Å². The Balaban J connectivity index is 1.21. The number of fused-ring (bicyclic) bond motifs is 4. The van der Waals surface area contributed by atoms with E-state index in [-0.39, 0.29) is 5.91 Å². The number of carbonyl (C=O) groups excluding carboxylic acids is 1. The van der Waals surface area contributed by atoms with Gasteiger partial charge in [-0.3, -0.25) is 9.89 Å². The normalized spacial score (nSPS) is 23.9. The van der Waals surface area contributed by atoms with E-state index in [0.717, 1.165) is 77.3 Å². The molecule has 5 N–H and O–H groups in total. The summed E-state index contributed by atoms with van der Waals surface area (Å²) in [4.78, 5) is 24.1. The fourth-order valence-electron chi connectivity index (χ4n) is 6.27. The molecule has 3 heterocycles. The summed E-state index contributed by atoms with van der Waals surface area (Å²) < 4.78 is 0. The second-order valence-electron chi connectivity index (χ2n) is 10.3. The van der Waals surface area contributed by atoms with Crippen LogP contribution in [0.3, 0.4) is 0 Å². The molecule has 3 fully saturated rings. The molecule has 4 aromatic rings. The Bertz CT molecular complexity index is 1400. The minimum atomic E-state index is -0.134. The number of rotatable bonds is 5. The maximum atomic E-state index is 13.5. The number of aromatic nitrogens is 4. The van der Waals surface area contributed by atoms with Crippen LogP contribution in [-0.4, -0.2) is 58.3 Å². The first-order valence-corrected chi connectivity index (χ1v) is 12.7. The Labute approximate surface area is 203 Å². The number of benzene rings is 2. The van der Waals surface area contributed by atoms with Crippen molar-refractivity contribution < 1.29 is 4.79 Å². The molecule has 3 aliphatic rings. The van der Waals surface area contributed by atoms with Gasteiger partial charge in [-0.1, -0.05) is 6.42 Å². The van der Waals surface area contributed by atoms with Crippen LogP contribution >= 0.6 is 0 Å². The highest BCUT2D eigenvalue weighted by Crippen LogP contribution is 2.45. The van der Waals surface area contributed by atoms with Crippen molar-refractivity contribution in [2.45, 2.75) is 31.7 Å². The zero-order valence-corrected chi connectivity index (χ0v) is 19.6. The van der Waals surface area contributed by atoms with Crippen LogP contribution in [0.1, 0.15) is 36.0 Å². The van der Waals surface area contributed by atoms with Crippen LogP contribution in [0.25, 0.3) is 21.9 Å². The predicted molar refractivity (Wildman–Crippen MR) is 138 cm³/mol. The molecule has 1 aliphatic heterocycles. The Morgan fingerprint density at radius 2 is 1.97 bits per heavy atom. The summed E-state index contributed by atoms with van der Waals surface area (Å²) in [6.45, 7) is 3.51. The molecule has 2 aromatic heterocycles. The summed E-state index contributed by atoms with van der Waals surface area (Å²) in [5.41, 5.74) is 4.97. The topological polar surface area (TPSA) is 114 Å². The van der Waals surface area contributed by atoms with Crippen molar-refractivity contribution in [2.24, 2.45) is 11.8 Å². The van der Waals surface area contributed by atoms with Crippen LogP contribution in [0.2, 0.25) is 0 Å². The SMILES string of the molecule is O=C(Nc1ccc2cn[nH]c2c1)c1cc2nc(N[C@H]3CC4CCC3C4)[nH]c2cc1N1CCNCC1. The second-order valence-corrected chi connectivity index (χ2v) is 10.3. The zero-order valence-electron chi connectivity index (χ0n) is 19.6. The molecular weight excluding hydrogens is 440 g/mol. The molecule has 2 unspecified atom stereocenters. The van der Waals surface area contributed by atoms with E-state index in [1.54, 1.807) is 6.20 Å². The van der Waals surface area contributed by atoms with Crippen LogP contribution in [-0.2, 0) is 0 Å². The average molecular weight is 471 g/mol. The molecule has 2 bridgehead atoms. The van der Waals surface area contributed by atoms with Gasteiger partial charge in [0.15, 0.2) is 0 Å². The van der Waals surface area contributed by atoms with Gasteiger partial charge >= 0.3 is 0 Å². The second kappa shape index (κ2) is 8.27. The number of amides is 1. The molecule has 0 spiro atoms. The monoisotopic (exact) mass is 470 g/mol. The standard InChI is InChI=1S/C26H30N8O/c35-25(29-18-4-3-17-14-28-33-21(17)11-18)19-12-22-23(13-24(19)34-7-5-27-6-8-34)32-26(31-22)30-20-10-15-1-2-16(20)9-15/h3-4,11-16,20,27H,1-2,5-10H2,(H,28,33)(H,29,35)(H2,30,31,32)/t15?,16?,20-/m0/s1. The number of hydrogen-bond donors (Lipinski definition) is 5. The third kappa shape index (κ3) is 3.80.